The minimum atomic E-state index is -0.0589. The lowest BCUT2D eigenvalue weighted by Crippen LogP contribution is -2.29. The Bertz CT molecular complexity index is 484. The van der Waals surface area contributed by atoms with E-state index in [0.717, 1.165) is 11.3 Å². The Morgan fingerprint density at radius 2 is 1.35 bits per heavy atom. The predicted molar refractivity (Wildman–Crippen MR) is 84.0 cm³/mol. The Labute approximate surface area is 122 Å². The molecule has 4 heteroatoms. The SMILES string of the molecule is CON=C1C=C(C(C)(C)C)C=C(C(C)(C)C)C1=NOC. The molecule has 0 spiro atoms. The second kappa shape index (κ2) is 5.81. The van der Waals surface area contributed by atoms with Gasteiger partial charge < -0.3 is 9.68 Å². The van der Waals surface area contributed by atoms with Crippen LogP contribution in [0.15, 0.2) is 33.6 Å². The summed E-state index contributed by atoms with van der Waals surface area (Å²) in [5.41, 5.74) is 3.71. The lowest BCUT2D eigenvalue weighted by atomic mass is 9.74. The van der Waals surface area contributed by atoms with Crippen LogP contribution in [-0.4, -0.2) is 25.6 Å². The second-order valence-corrected chi connectivity index (χ2v) is 6.94. The Morgan fingerprint density at radius 3 is 1.75 bits per heavy atom. The van der Waals surface area contributed by atoms with Crippen LogP contribution in [0, 0.1) is 10.8 Å². The van der Waals surface area contributed by atoms with Crippen molar-refractivity contribution in [3.05, 3.63) is 23.3 Å². The third kappa shape index (κ3) is 3.71. The summed E-state index contributed by atoms with van der Waals surface area (Å²) < 4.78 is 0. The molecule has 0 aromatic heterocycles. The summed E-state index contributed by atoms with van der Waals surface area (Å²) >= 11 is 0. The summed E-state index contributed by atoms with van der Waals surface area (Å²) in [4.78, 5) is 9.95. The van der Waals surface area contributed by atoms with Crippen molar-refractivity contribution >= 4 is 11.4 Å². The largest absolute Gasteiger partial charge is 0.399 e. The highest BCUT2D eigenvalue weighted by Crippen LogP contribution is 2.36. The molecule has 0 N–H and O–H groups in total. The molecule has 1 aliphatic carbocycles. The fourth-order valence-corrected chi connectivity index (χ4v) is 1.98. The molecule has 0 heterocycles. The summed E-state index contributed by atoms with van der Waals surface area (Å²) in [5, 5.41) is 8.24. The summed E-state index contributed by atoms with van der Waals surface area (Å²) in [6.07, 6.45) is 4.20. The van der Waals surface area contributed by atoms with E-state index in [2.05, 4.69) is 57.9 Å². The van der Waals surface area contributed by atoms with E-state index in [1.54, 1.807) is 7.11 Å². The lowest BCUT2D eigenvalue weighted by molar-refractivity contribution is 0.209. The van der Waals surface area contributed by atoms with Crippen LogP contribution in [0.2, 0.25) is 0 Å². The molecule has 0 amide bonds. The molecule has 0 saturated heterocycles. The molecule has 1 aliphatic rings. The fraction of sp³-hybridized carbons (Fsp3) is 0.625. The molecule has 0 saturated carbocycles. The van der Waals surface area contributed by atoms with Gasteiger partial charge in [0.2, 0.25) is 0 Å². The maximum atomic E-state index is 4.99. The zero-order valence-electron chi connectivity index (χ0n) is 13.9. The summed E-state index contributed by atoms with van der Waals surface area (Å²) in [5.74, 6) is 0. The van der Waals surface area contributed by atoms with Gasteiger partial charge in [0.1, 0.15) is 25.6 Å². The van der Waals surface area contributed by atoms with Crippen LogP contribution in [0.25, 0.3) is 0 Å². The first-order valence-corrected chi connectivity index (χ1v) is 6.78. The quantitative estimate of drug-likeness (QED) is 0.567. The summed E-state index contributed by atoms with van der Waals surface area (Å²) in [7, 11) is 3.08. The maximum absolute atomic E-state index is 4.99. The van der Waals surface area contributed by atoms with Crippen LogP contribution < -0.4 is 0 Å². The van der Waals surface area contributed by atoms with Crippen LogP contribution in [0.1, 0.15) is 41.5 Å². The Kier molecular flexibility index (Phi) is 4.79. The van der Waals surface area contributed by atoms with E-state index in [4.69, 9.17) is 9.68 Å². The second-order valence-electron chi connectivity index (χ2n) is 6.94. The van der Waals surface area contributed by atoms with Crippen molar-refractivity contribution in [1.29, 1.82) is 0 Å². The third-order valence-electron chi connectivity index (χ3n) is 3.14. The number of rotatable bonds is 2. The first-order valence-electron chi connectivity index (χ1n) is 6.78. The molecule has 0 unspecified atom stereocenters. The standard InChI is InChI=1S/C16H26N2O2/c1-15(2,3)11-9-12(16(4,5)6)14(18-20-8)13(10-11)17-19-7/h9-10H,1-8H3. The van der Waals surface area contributed by atoms with Gasteiger partial charge >= 0.3 is 0 Å². The Hall–Kier alpha value is -1.58. The van der Waals surface area contributed by atoms with E-state index < -0.39 is 0 Å². The third-order valence-corrected chi connectivity index (χ3v) is 3.14. The van der Waals surface area contributed by atoms with Gasteiger partial charge in [-0.2, -0.15) is 0 Å². The minimum absolute atomic E-state index is 0.0314. The summed E-state index contributed by atoms with van der Waals surface area (Å²) in [6, 6.07) is 0. The highest BCUT2D eigenvalue weighted by Gasteiger charge is 2.31. The van der Waals surface area contributed by atoms with E-state index in [1.807, 2.05) is 6.08 Å². The van der Waals surface area contributed by atoms with E-state index in [1.165, 1.54) is 12.7 Å². The normalized spacial score (nSPS) is 20.8. The van der Waals surface area contributed by atoms with Gasteiger partial charge in [0.15, 0.2) is 0 Å². The van der Waals surface area contributed by atoms with Crippen LogP contribution in [-0.2, 0) is 9.68 Å². The van der Waals surface area contributed by atoms with Crippen molar-refractivity contribution in [2.45, 2.75) is 41.5 Å². The first kappa shape index (κ1) is 16.5. The van der Waals surface area contributed by atoms with Gasteiger partial charge in [-0.1, -0.05) is 57.9 Å². The van der Waals surface area contributed by atoms with Crippen molar-refractivity contribution in [3.63, 3.8) is 0 Å². The Balaban J connectivity index is 3.50. The Morgan fingerprint density at radius 1 is 0.800 bits per heavy atom. The molecular formula is C16H26N2O2. The topological polar surface area (TPSA) is 43.2 Å². The number of hydrogen-bond donors (Lipinski definition) is 0. The number of allylic oxidation sites excluding steroid dienone is 4. The fourth-order valence-electron chi connectivity index (χ4n) is 1.98. The van der Waals surface area contributed by atoms with Crippen molar-refractivity contribution in [2.75, 3.05) is 14.2 Å². The average Bonchev–Trinajstić information content (AvgIpc) is 2.28. The van der Waals surface area contributed by atoms with Crippen LogP contribution in [0.3, 0.4) is 0 Å². The van der Waals surface area contributed by atoms with E-state index in [9.17, 15) is 0 Å². The minimum Gasteiger partial charge on any atom is -0.399 e. The maximum Gasteiger partial charge on any atom is 0.135 e. The van der Waals surface area contributed by atoms with Gasteiger partial charge in [0.25, 0.3) is 0 Å². The molecule has 112 valence electrons. The predicted octanol–water partition coefficient (Wildman–Crippen LogP) is 3.95. The van der Waals surface area contributed by atoms with Gasteiger partial charge in [-0.15, -0.1) is 0 Å². The van der Waals surface area contributed by atoms with E-state index >= 15 is 0 Å². The number of nitrogens with zero attached hydrogens (tertiary/aromatic N) is 2. The zero-order valence-corrected chi connectivity index (χ0v) is 13.9. The molecule has 0 atom stereocenters. The smallest absolute Gasteiger partial charge is 0.135 e. The van der Waals surface area contributed by atoms with Crippen molar-refractivity contribution in [2.24, 2.45) is 21.1 Å². The monoisotopic (exact) mass is 278 g/mol. The summed E-state index contributed by atoms with van der Waals surface area (Å²) in [6.45, 7) is 13.0. The first-order chi connectivity index (χ1) is 9.11. The molecule has 0 aliphatic heterocycles. The lowest BCUT2D eigenvalue weighted by Gasteiger charge is -2.31. The van der Waals surface area contributed by atoms with E-state index in [0.29, 0.717) is 5.71 Å². The van der Waals surface area contributed by atoms with Crippen molar-refractivity contribution < 1.29 is 9.68 Å². The molecule has 4 nitrogen and oxygen atoms in total. The molecule has 0 aromatic carbocycles. The van der Waals surface area contributed by atoms with Crippen LogP contribution in [0.5, 0.6) is 0 Å². The van der Waals surface area contributed by atoms with Gasteiger partial charge in [0, 0.05) is 0 Å². The molecule has 1 rings (SSSR count). The number of oxime groups is 2. The molecule has 20 heavy (non-hydrogen) atoms. The molecule has 0 radical (unpaired) electrons. The van der Waals surface area contributed by atoms with Crippen molar-refractivity contribution in [1.82, 2.24) is 0 Å². The van der Waals surface area contributed by atoms with Gasteiger partial charge in [-0.25, -0.2) is 0 Å². The van der Waals surface area contributed by atoms with Gasteiger partial charge in [-0.3, -0.25) is 0 Å². The number of hydrogen-bond acceptors (Lipinski definition) is 4. The highest BCUT2D eigenvalue weighted by molar-refractivity contribution is 6.53. The van der Waals surface area contributed by atoms with Gasteiger partial charge in [0.05, 0.1) is 0 Å². The van der Waals surface area contributed by atoms with Crippen LogP contribution >= 0.6 is 0 Å². The van der Waals surface area contributed by atoms with Gasteiger partial charge in [-0.05, 0) is 28.1 Å². The van der Waals surface area contributed by atoms with Crippen molar-refractivity contribution in [3.8, 4) is 0 Å². The highest BCUT2D eigenvalue weighted by atomic mass is 16.6. The molecular weight excluding hydrogens is 252 g/mol. The molecule has 0 aromatic rings. The van der Waals surface area contributed by atoms with E-state index in [-0.39, 0.29) is 10.8 Å². The van der Waals surface area contributed by atoms with Crippen LogP contribution in [0.4, 0.5) is 0 Å². The average molecular weight is 278 g/mol. The zero-order chi connectivity index (χ0) is 15.6. The molecule has 0 fully saturated rings. The molecule has 0 bridgehead atoms.